The van der Waals surface area contributed by atoms with Gasteiger partial charge in [0.1, 0.15) is 0 Å². The SMILES string of the molecule is C=CCC(C[NH3+])(CC=C)c1ccc(OC)c(OC)c1. The van der Waals surface area contributed by atoms with Gasteiger partial charge in [-0.1, -0.05) is 18.2 Å². The van der Waals surface area contributed by atoms with Gasteiger partial charge in [-0.2, -0.15) is 0 Å². The zero-order valence-corrected chi connectivity index (χ0v) is 11.9. The molecule has 0 saturated heterocycles. The number of allylic oxidation sites excluding steroid dienone is 2. The zero-order chi connectivity index (χ0) is 14.3. The molecule has 0 saturated carbocycles. The van der Waals surface area contributed by atoms with E-state index in [1.165, 1.54) is 5.56 Å². The van der Waals surface area contributed by atoms with Crippen LogP contribution in [0.5, 0.6) is 11.5 Å². The van der Waals surface area contributed by atoms with Crippen LogP contribution in [0, 0.1) is 0 Å². The van der Waals surface area contributed by atoms with E-state index in [0.29, 0.717) is 0 Å². The molecule has 0 aliphatic rings. The molecule has 0 aliphatic carbocycles. The van der Waals surface area contributed by atoms with E-state index in [4.69, 9.17) is 9.47 Å². The van der Waals surface area contributed by atoms with Gasteiger partial charge in [0.15, 0.2) is 11.5 Å². The first-order chi connectivity index (χ1) is 9.17. The second-order valence-electron chi connectivity index (χ2n) is 4.59. The first-order valence-corrected chi connectivity index (χ1v) is 6.41. The summed E-state index contributed by atoms with van der Waals surface area (Å²) in [6.07, 6.45) is 5.59. The Hall–Kier alpha value is -1.74. The van der Waals surface area contributed by atoms with Crippen LogP contribution in [0.3, 0.4) is 0 Å². The summed E-state index contributed by atoms with van der Waals surface area (Å²) >= 11 is 0. The summed E-state index contributed by atoms with van der Waals surface area (Å²) in [5.74, 6) is 1.48. The van der Waals surface area contributed by atoms with Crippen molar-refractivity contribution in [3.63, 3.8) is 0 Å². The lowest BCUT2D eigenvalue weighted by molar-refractivity contribution is -0.383. The third-order valence-electron chi connectivity index (χ3n) is 3.54. The monoisotopic (exact) mass is 262 g/mol. The molecule has 3 N–H and O–H groups in total. The van der Waals surface area contributed by atoms with E-state index in [2.05, 4.69) is 25.0 Å². The van der Waals surface area contributed by atoms with Gasteiger partial charge < -0.3 is 15.2 Å². The molecule has 19 heavy (non-hydrogen) atoms. The molecule has 3 nitrogen and oxygen atoms in total. The van der Waals surface area contributed by atoms with Crippen LogP contribution in [0.4, 0.5) is 0 Å². The molecule has 3 heteroatoms. The van der Waals surface area contributed by atoms with Crippen molar-refractivity contribution in [3.05, 3.63) is 49.1 Å². The molecule has 1 aromatic rings. The quantitative estimate of drug-likeness (QED) is 0.731. The molecule has 0 unspecified atom stereocenters. The van der Waals surface area contributed by atoms with E-state index in [9.17, 15) is 0 Å². The summed E-state index contributed by atoms with van der Waals surface area (Å²) in [6.45, 7) is 8.50. The van der Waals surface area contributed by atoms with Crippen LogP contribution in [0.1, 0.15) is 18.4 Å². The van der Waals surface area contributed by atoms with Crippen molar-refractivity contribution < 1.29 is 15.2 Å². The molecule has 0 amide bonds. The smallest absolute Gasteiger partial charge is 0.161 e. The van der Waals surface area contributed by atoms with E-state index in [-0.39, 0.29) is 5.41 Å². The van der Waals surface area contributed by atoms with E-state index in [1.807, 2.05) is 24.3 Å². The average Bonchev–Trinajstić information content (AvgIpc) is 2.46. The first kappa shape index (κ1) is 15.3. The number of quaternary nitrogens is 1. The second kappa shape index (κ2) is 7.00. The van der Waals surface area contributed by atoms with Gasteiger partial charge in [-0.3, -0.25) is 0 Å². The summed E-state index contributed by atoms with van der Waals surface area (Å²) in [5, 5.41) is 0. The van der Waals surface area contributed by atoms with Crippen molar-refractivity contribution in [1.29, 1.82) is 0 Å². The summed E-state index contributed by atoms with van der Waals surface area (Å²) in [6, 6.07) is 6.03. The Morgan fingerprint density at radius 1 is 1.11 bits per heavy atom. The Morgan fingerprint density at radius 2 is 1.68 bits per heavy atom. The highest BCUT2D eigenvalue weighted by atomic mass is 16.5. The van der Waals surface area contributed by atoms with Crippen LogP contribution in [0.25, 0.3) is 0 Å². The summed E-state index contributed by atoms with van der Waals surface area (Å²) in [7, 11) is 3.29. The lowest BCUT2D eigenvalue weighted by Crippen LogP contribution is -2.59. The molecule has 0 atom stereocenters. The highest BCUT2D eigenvalue weighted by Gasteiger charge is 2.31. The average molecular weight is 262 g/mol. The molecule has 104 valence electrons. The van der Waals surface area contributed by atoms with Crippen molar-refractivity contribution in [3.8, 4) is 11.5 Å². The summed E-state index contributed by atoms with van der Waals surface area (Å²) < 4.78 is 10.7. The molecular formula is C16H24NO2+. The molecule has 1 rings (SSSR count). The van der Waals surface area contributed by atoms with Gasteiger partial charge in [0.25, 0.3) is 0 Å². The maximum Gasteiger partial charge on any atom is 0.161 e. The second-order valence-corrected chi connectivity index (χ2v) is 4.59. The van der Waals surface area contributed by atoms with Gasteiger partial charge in [-0.05, 0) is 30.5 Å². The minimum Gasteiger partial charge on any atom is -0.493 e. The van der Waals surface area contributed by atoms with E-state index in [0.717, 1.165) is 30.9 Å². The van der Waals surface area contributed by atoms with Crippen LogP contribution in [-0.2, 0) is 5.41 Å². The van der Waals surface area contributed by atoms with Crippen LogP contribution >= 0.6 is 0 Å². The zero-order valence-electron chi connectivity index (χ0n) is 11.9. The molecule has 0 fully saturated rings. The third kappa shape index (κ3) is 3.18. The third-order valence-corrected chi connectivity index (χ3v) is 3.54. The van der Waals surface area contributed by atoms with Crippen LogP contribution in [0.15, 0.2) is 43.5 Å². The van der Waals surface area contributed by atoms with Crippen molar-refractivity contribution in [2.24, 2.45) is 0 Å². The van der Waals surface area contributed by atoms with Gasteiger partial charge in [0.2, 0.25) is 0 Å². The highest BCUT2D eigenvalue weighted by molar-refractivity contribution is 5.45. The van der Waals surface area contributed by atoms with Crippen molar-refractivity contribution in [2.45, 2.75) is 18.3 Å². The van der Waals surface area contributed by atoms with Gasteiger partial charge in [-0.25, -0.2) is 0 Å². The molecular weight excluding hydrogens is 238 g/mol. The van der Waals surface area contributed by atoms with Crippen molar-refractivity contribution >= 4 is 0 Å². The van der Waals surface area contributed by atoms with E-state index >= 15 is 0 Å². The van der Waals surface area contributed by atoms with Crippen molar-refractivity contribution in [1.82, 2.24) is 0 Å². The minimum atomic E-state index is -0.0664. The Morgan fingerprint density at radius 3 is 2.11 bits per heavy atom. The number of hydrogen-bond donors (Lipinski definition) is 1. The maximum atomic E-state index is 5.38. The fraction of sp³-hybridized carbons (Fsp3) is 0.375. The molecule has 0 aliphatic heterocycles. The Labute approximate surface area is 115 Å². The van der Waals surface area contributed by atoms with Gasteiger partial charge >= 0.3 is 0 Å². The summed E-state index contributed by atoms with van der Waals surface area (Å²) in [5.41, 5.74) is 5.22. The molecule has 1 aromatic carbocycles. The van der Waals surface area contributed by atoms with Crippen LogP contribution < -0.4 is 15.2 Å². The molecule has 0 bridgehead atoms. The normalized spacial score (nSPS) is 10.9. The maximum absolute atomic E-state index is 5.38. The van der Waals surface area contributed by atoms with Crippen LogP contribution in [0.2, 0.25) is 0 Å². The Kier molecular flexibility index (Phi) is 5.64. The van der Waals surface area contributed by atoms with Gasteiger partial charge in [0.05, 0.1) is 26.2 Å². The van der Waals surface area contributed by atoms with E-state index in [1.54, 1.807) is 14.2 Å². The topological polar surface area (TPSA) is 46.1 Å². The predicted molar refractivity (Wildman–Crippen MR) is 78.6 cm³/mol. The lowest BCUT2D eigenvalue weighted by atomic mass is 9.75. The van der Waals surface area contributed by atoms with Crippen molar-refractivity contribution in [2.75, 3.05) is 20.8 Å². The minimum absolute atomic E-state index is 0.0664. The van der Waals surface area contributed by atoms with E-state index < -0.39 is 0 Å². The largest absolute Gasteiger partial charge is 0.493 e. The van der Waals surface area contributed by atoms with Gasteiger partial charge in [-0.15, -0.1) is 13.2 Å². The van der Waals surface area contributed by atoms with Gasteiger partial charge in [0, 0.05) is 0 Å². The Balaban J connectivity index is 3.29. The molecule has 0 radical (unpaired) electrons. The number of rotatable bonds is 8. The molecule has 0 aromatic heterocycles. The fourth-order valence-corrected chi connectivity index (χ4v) is 2.39. The number of benzene rings is 1. The molecule has 0 spiro atoms. The standard InChI is InChI=1S/C16H23NO2/c1-5-9-16(12-17,10-6-2)13-7-8-14(18-3)15(11-13)19-4/h5-8,11H,1-2,9-10,12,17H2,3-4H3/p+1. The first-order valence-electron chi connectivity index (χ1n) is 6.41. The fourth-order valence-electron chi connectivity index (χ4n) is 2.39. The predicted octanol–water partition coefficient (Wildman–Crippen LogP) is 2.34. The summed E-state index contributed by atoms with van der Waals surface area (Å²) in [4.78, 5) is 0. The number of hydrogen-bond acceptors (Lipinski definition) is 2. The highest BCUT2D eigenvalue weighted by Crippen LogP contribution is 2.37. The molecule has 0 heterocycles. The van der Waals surface area contributed by atoms with Crippen LogP contribution in [-0.4, -0.2) is 20.8 Å². The Bertz CT molecular complexity index is 430. The number of ether oxygens (including phenoxy) is 2. The number of methoxy groups -OCH3 is 2. The lowest BCUT2D eigenvalue weighted by Gasteiger charge is -2.29.